The van der Waals surface area contributed by atoms with Crippen molar-refractivity contribution >= 4 is 16.7 Å². The van der Waals surface area contributed by atoms with Gasteiger partial charge in [0, 0.05) is 5.56 Å². The van der Waals surface area contributed by atoms with Crippen LogP contribution in [0.25, 0.3) is 10.8 Å². The third kappa shape index (κ3) is 1.62. The number of carbonyl (C=O) groups excluding carboxylic acids is 1. The Hall–Kier alpha value is -2.61. The Morgan fingerprint density at radius 3 is 2.45 bits per heavy atom. The van der Waals surface area contributed by atoms with Crippen molar-refractivity contribution in [2.45, 2.75) is 6.10 Å². The predicted molar refractivity (Wildman–Crippen MR) is 77.6 cm³/mol. The second-order valence-corrected chi connectivity index (χ2v) is 4.98. The number of cyclic esters (lactones) is 1. The number of fused-ring (bicyclic) bond motifs is 2. The molecule has 0 N–H and O–H groups in total. The summed E-state index contributed by atoms with van der Waals surface area (Å²) in [6.45, 7) is 0. The van der Waals surface area contributed by atoms with Gasteiger partial charge in [0.15, 0.2) is 6.10 Å². The number of hydrogen-bond donors (Lipinski definition) is 0. The van der Waals surface area contributed by atoms with E-state index in [0.29, 0.717) is 5.56 Å². The van der Waals surface area contributed by atoms with E-state index in [4.69, 9.17) is 4.74 Å². The van der Waals surface area contributed by atoms with Crippen LogP contribution < -0.4 is 0 Å². The van der Waals surface area contributed by atoms with E-state index in [1.54, 1.807) is 0 Å². The van der Waals surface area contributed by atoms with Crippen LogP contribution in [0.4, 0.5) is 0 Å². The lowest BCUT2D eigenvalue weighted by Crippen LogP contribution is -2.00. The summed E-state index contributed by atoms with van der Waals surface area (Å²) in [7, 11) is 0. The van der Waals surface area contributed by atoms with Gasteiger partial charge >= 0.3 is 5.97 Å². The minimum absolute atomic E-state index is 0.237. The lowest BCUT2D eigenvalue weighted by Gasteiger charge is -2.12. The maximum Gasteiger partial charge on any atom is 0.339 e. The van der Waals surface area contributed by atoms with Crippen molar-refractivity contribution in [2.24, 2.45) is 0 Å². The minimum Gasteiger partial charge on any atom is -0.449 e. The third-order valence-corrected chi connectivity index (χ3v) is 3.76. The van der Waals surface area contributed by atoms with Crippen LogP contribution in [0, 0.1) is 0 Å². The van der Waals surface area contributed by atoms with Gasteiger partial charge in [0.1, 0.15) is 0 Å². The van der Waals surface area contributed by atoms with Gasteiger partial charge in [-0.2, -0.15) is 0 Å². The molecule has 0 saturated heterocycles. The second kappa shape index (κ2) is 4.20. The van der Waals surface area contributed by atoms with Crippen LogP contribution in [-0.2, 0) is 4.74 Å². The van der Waals surface area contributed by atoms with Gasteiger partial charge in [0.05, 0.1) is 5.56 Å². The number of ether oxygens (including phenoxy) is 1. The molecule has 0 amide bonds. The predicted octanol–water partition coefficient (Wildman–Crippen LogP) is 4.10. The zero-order valence-corrected chi connectivity index (χ0v) is 10.7. The molecule has 2 nitrogen and oxygen atoms in total. The van der Waals surface area contributed by atoms with Crippen LogP contribution >= 0.6 is 0 Å². The fraction of sp³-hybridized carbons (Fsp3) is 0.0556. The van der Waals surface area contributed by atoms with Gasteiger partial charge in [0.2, 0.25) is 0 Å². The van der Waals surface area contributed by atoms with Gasteiger partial charge in [-0.15, -0.1) is 0 Å². The quantitative estimate of drug-likeness (QED) is 0.616. The first kappa shape index (κ1) is 11.2. The van der Waals surface area contributed by atoms with Gasteiger partial charge in [0.25, 0.3) is 0 Å². The Morgan fingerprint density at radius 2 is 1.55 bits per heavy atom. The third-order valence-electron chi connectivity index (χ3n) is 3.76. The Labute approximate surface area is 116 Å². The summed E-state index contributed by atoms with van der Waals surface area (Å²) < 4.78 is 5.53. The number of rotatable bonds is 1. The molecule has 0 fully saturated rings. The average Bonchev–Trinajstić information content (AvgIpc) is 2.85. The second-order valence-electron chi connectivity index (χ2n) is 4.98. The van der Waals surface area contributed by atoms with E-state index in [0.717, 1.165) is 16.5 Å². The molecule has 3 aromatic rings. The standard InChI is InChI=1S/C18H12O2/c19-18-16-8-4-3-7-15(16)17(20-18)14-10-9-12-5-1-2-6-13(12)11-14/h1-11,17H/t17-/m0/s1. The monoisotopic (exact) mass is 260 g/mol. The summed E-state index contributed by atoms with van der Waals surface area (Å²) in [5.41, 5.74) is 2.64. The van der Waals surface area contributed by atoms with Gasteiger partial charge in [-0.1, -0.05) is 54.6 Å². The van der Waals surface area contributed by atoms with Crippen molar-refractivity contribution < 1.29 is 9.53 Å². The van der Waals surface area contributed by atoms with E-state index in [1.165, 1.54) is 5.39 Å². The molecule has 96 valence electrons. The molecule has 3 aromatic carbocycles. The normalized spacial score (nSPS) is 17.0. The zero-order chi connectivity index (χ0) is 13.5. The molecular formula is C18H12O2. The number of carbonyl (C=O) groups is 1. The maximum absolute atomic E-state index is 11.9. The first-order valence-electron chi connectivity index (χ1n) is 6.61. The number of hydrogen-bond acceptors (Lipinski definition) is 2. The minimum atomic E-state index is -0.289. The topological polar surface area (TPSA) is 26.3 Å². The molecule has 1 aliphatic rings. The largest absolute Gasteiger partial charge is 0.449 e. The summed E-state index contributed by atoms with van der Waals surface area (Å²) in [4.78, 5) is 11.9. The van der Waals surface area contributed by atoms with E-state index in [1.807, 2.05) is 42.5 Å². The summed E-state index contributed by atoms with van der Waals surface area (Å²) in [5.74, 6) is -0.237. The molecule has 0 radical (unpaired) electrons. The lowest BCUT2D eigenvalue weighted by molar-refractivity contribution is 0.0456. The molecule has 4 rings (SSSR count). The molecule has 20 heavy (non-hydrogen) atoms. The Morgan fingerprint density at radius 1 is 0.800 bits per heavy atom. The zero-order valence-electron chi connectivity index (χ0n) is 10.7. The summed E-state index contributed by atoms with van der Waals surface area (Å²) in [6, 6.07) is 22.0. The van der Waals surface area contributed by atoms with Crippen LogP contribution in [0.3, 0.4) is 0 Å². The molecular weight excluding hydrogens is 248 g/mol. The van der Waals surface area contributed by atoms with E-state index in [2.05, 4.69) is 24.3 Å². The average molecular weight is 260 g/mol. The van der Waals surface area contributed by atoms with E-state index in [9.17, 15) is 4.79 Å². The van der Waals surface area contributed by atoms with Crippen molar-refractivity contribution in [2.75, 3.05) is 0 Å². The molecule has 1 atom stereocenters. The number of benzene rings is 3. The molecule has 0 aromatic heterocycles. The van der Waals surface area contributed by atoms with Gasteiger partial charge in [-0.05, 0) is 28.5 Å². The van der Waals surface area contributed by atoms with Crippen molar-refractivity contribution in [3.63, 3.8) is 0 Å². The van der Waals surface area contributed by atoms with Gasteiger partial charge in [-0.25, -0.2) is 4.79 Å². The van der Waals surface area contributed by atoms with Crippen molar-refractivity contribution in [1.29, 1.82) is 0 Å². The molecule has 1 heterocycles. The SMILES string of the molecule is O=C1O[C@@H](c2ccc3ccccc3c2)c2ccccc21. The Bertz CT molecular complexity index is 820. The Balaban J connectivity index is 1.86. The summed E-state index contributed by atoms with van der Waals surface area (Å²) >= 11 is 0. The number of esters is 1. The molecule has 0 aliphatic carbocycles. The van der Waals surface area contributed by atoms with Crippen molar-refractivity contribution in [3.05, 3.63) is 83.4 Å². The van der Waals surface area contributed by atoms with Gasteiger partial charge < -0.3 is 4.74 Å². The van der Waals surface area contributed by atoms with E-state index >= 15 is 0 Å². The van der Waals surface area contributed by atoms with E-state index in [-0.39, 0.29) is 12.1 Å². The molecule has 0 saturated carbocycles. The summed E-state index contributed by atoms with van der Waals surface area (Å²) in [5, 5.41) is 2.35. The first-order chi connectivity index (χ1) is 9.83. The highest BCUT2D eigenvalue weighted by molar-refractivity contribution is 5.94. The van der Waals surface area contributed by atoms with Crippen LogP contribution in [0.1, 0.15) is 27.6 Å². The highest BCUT2D eigenvalue weighted by Gasteiger charge is 2.31. The molecule has 0 unspecified atom stereocenters. The Kier molecular flexibility index (Phi) is 2.36. The van der Waals surface area contributed by atoms with Crippen LogP contribution in [0.2, 0.25) is 0 Å². The summed E-state index contributed by atoms with van der Waals surface area (Å²) in [6.07, 6.45) is -0.289. The van der Waals surface area contributed by atoms with E-state index < -0.39 is 0 Å². The van der Waals surface area contributed by atoms with Gasteiger partial charge in [-0.3, -0.25) is 0 Å². The first-order valence-corrected chi connectivity index (χ1v) is 6.61. The maximum atomic E-state index is 11.9. The lowest BCUT2D eigenvalue weighted by atomic mass is 9.97. The van der Waals surface area contributed by atoms with Crippen molar-refractivity contribution in [3.8, 4) is 0 Å². The fourth-order valence-corrected chi connectivity index (χ4v) is 2.76. The fourth-order valence-electron chi connectivity index (χ4n) is 2.76. The van der Waals surface area contributed by atoms with Crippen LogP contribution in [-0.4, -0.2) is 5.97 Å². The van der Waals surface area contributed by atoms with Crippen molar-refractivity contribution in [1.82, 2.24) is 0 Å². The van der Waals surface area contributed by atoms with Crippen LogP contribution in [0.15, 0.2) is 66.7 Å². The van der Waals surface area contributed by atoms with Crippen LogP contribution in [0.5, 0.6) is 0 Å². The molecule has 0 spiro atoms. The highest BCUT2D eigenvalue weighted by Crippen LogP contribution is 2.36. The molecule has 1 aliphatic heterocycles. The molecule has 0 bridgehead atoms. The highest BCUT2D eigenvalue weighted by atomic mass is 16.5. The smallest absolute Gasteiger partial charge is 0.339 e. The molecule has 2 heteroatoms.